The van der Waals surface area contributed by atoms with E-state index in [-0.39, 0.29) is 5.69 Å². The molecule has 0 bridgehead atoms. The molecule has 2 aromatic heterocycles. The first-order chi connectivity index (χ1) is 8.13. The number of hydrogen-bond acceptors (Lipinski definition) is 3. The molecule has 1 N–H and O–H groups in total. The van der Waals surface area contributed by atoms with Crippen molar-refractivity contribution < 1.29 is 9.90 Å². The molecule has 0 atom stereocenters. The van der Waals surface area contributed by atoms with Crippen LogP contribution in [0.4, 0.5) is 0 Å². The van der Waals surface area contributed by atoms with Gasteiger partial charge in [-0.05, 0) is 31.0 Å². The number of pyridine rings is 1. The molecule has 2 heterocycles. The molecule has 0 unspecified atom stereocenters. The summed E-state index contributed by atoms with van der Waals surface area (Å²) in [5.74, 6) is -1.01. The maximum absolute atomic E-state index is 11.1. The second kappa shape index (κ2) is 4.37. The maximum atomic E-state index is 11.1. The molecule has 0 spiro atoms. The van der Waals surface area contributed by atoms with Crippen LogP contribution in [0.25, 0.3) is 11.1 Å². The lowest BCUT2D eigenvalue weighted by molar-refractivity contribution is 0.0690. The highest BCUT2D eigenvalue weighted by Crippen LogP contribution is 2.25. The summed E-state index contributed by atoms with van der Waals surface area (Å²) in [5, 5.41) is 13.2. The predicted molar refractivity (Wildman–Crippen MR) is 62.8 cm³/mol. The van der Waals surface area contributed by atoms with E-state index in [0.29, 0.717) is 12.1 Å². The number of carboxylic acids is 1. The third-order valence-electron chi connectivity index (χ3n) is 2.60. The predicted octanol–water partition coefficient (Wildman–Crippen LogP) is 1.97. The molecule has 0 fully saturated rings. The first-order valence-electron chi connectivity index (χ1n) is 5.35. The van der Waals surface area contributed by atoms with E-state index in [0.717, 1.165) is 11.1 Å². The molecule has 0 saturated carbocycles. The highest BCUT2D eigenvalue weighted by atomic mass is 16.4. The molecule has 0 aliphatic carbocycles. The van der Waals surface area contributed by atoms with Crippen LogP contribution < -0.4 is 0 Å². The zero-order valence-corrected chi connectivity index (χ0v) is 9.71. The second-order valence-electron chi connectivity index (χ2n) is 3.74. The molecule has 0 aromatic carbocycles. The van der Waals surface area contributed by atoms with Gasteiger partial charge in [0.05, 0.1) is 0 Å². The van der Waals surface area contributed by atoms with Gasteiger partial charge in [-0.25, -0.2) is 4.79 Å². The van der Waals surface area contributed by atoms with Gasteiger partial charge in [0.25, 0.3) is 0 Å². The Morgan fingerprint density at radius 1 is 1.47 bits per heavy atom. The average molecular weight is 231 g/mol. The van der Waals surface area contributed by atoms with Gasteiger partial charge in [-0.3, -0.25) is 9.67 Å². The average Bonchev–Trinajstić information content (AvgIpc) is 2.73. The summed E-state index contributed by atoms with van der Waals surface area (Å²) in [7, 11) is 0. The number of aryl methyl sites for hydroxylation is 2. The summed E-state index contributed by atoms with van der Waals surface area (Å²) < 4.78 is 1.62. The van der Waals surface area contributed by atoms with Crippen molar-refractivity contribution in [3.8, 4) is 11.1 Å². The Bertz CT molecular complexity index is 561. The van der Waals surface area contributed by atoms with Gasteiger partial charge in [0.2, 0.25) is 0 Å². The van der Waals surface area contributed by atoms with E-state index in [2.05, 4.69) is 10.1 Å². The summed E-state index contributed by atoms with van der Waals surface area (Å²) in [6, 6.07) is 1.80. The van der Waals surface area contributed by atoms with Gasteiger partial charge in [-0.2, -0.15) is 5.10 Å². The summed E-state index contributed by atoms with van der Waals surface area (Å²) >= 11 is 0. The van der Waals surface area contributed by atoms with Gasteiger partial charge in [0, 0.05) is 30.7 Å². The van der Waals surface area contributed by atoms with Crippen LogP contribution in [-0.2, 0) is 6.54 Å². The summed E-state index contributed by atoms with van der Waals surface area (Å²) in [5.41, 5.74) is 2.52. The quantitative estimate of drug-likeness (QED) is 0.876. The van der Waals surface area contributed by atoms with Crippen LogP contribution in [-0.4, -0.2) is 25.8 Å². The van der Waals surface area contributed by atoms with Crippen molar-refractivity contribution in [2.24, 2.45) is 0 Å². The molecule has 0 saturated heterocycles. The van der Waals surface area contributed by atoms with Crippen molar-refractivity contribution in [3.05, 3.63) is 35.9 Å². The fourth-order valence-electron chi connectivity index (χ4n) is 1.71. The Morgan fingerprint density at radius 2 is 2.24 bits per heavy atom. The molecule has 5 nitrogen and oxygen atoms in total. The van der Waals surface area contributed by atoms with Crippen LogP contribution in [0.15, 0.2) is 24.7 Å². The first kappa shape index (κ1) is 11.3. The Hall–Kier alpha value is -2.17. The molecular formula is C12H13N3O2. The zero-order chi connectivity index (χ0) is 12.4. The first-order valence-corrected chi connectivity index (χ1v) is 5.35. The SMILES string of the molecule is CCn1cc(-c2ccncc2C)c(C(=O)O)n1. The van der Waals surface area contributed by atoms with Crippen molar-refractivity contribution in [3.63, 3.8) is 0 Å². The van der Waals surface area contributed by atoms with Gasteiger partial charge in [-0.15, -0.1) is 0 Å². The van der Waals surface area contributed by atoms with Gasteiger partial charge in [0.1, 0.15) is 0 Å². The molecule has 0 aliphatic rings. The van der Waals surface area contributed by atoms with E-state index in [1.807, 2.05) is 13.8 Å². The molecule has 0 aliphatic heterocycles. The molecule has 0 radical (unpaired) electrons. The van der Waals surface area contributed by atoms with Crippen LogP contribution in [0.3, 0.4) is 0 Å². The molecular weight excluding hydrogens is 218 g/mol. The molecule has 2 rings (SSSR count). The Morgan fingerprint density at radius 3 is 2.82 bits per heavy atom. The third kappa shape index (κ3) is 2.04. The van der Waals surface area contributed by atoms with Crippen molar-refractivity contribution in [2.45, 2.75) is 20.4 Å². The number of hydrogen-bond donors (Lipinski definition) is 1. The molecule has 17 heavy (non-hydrogen) atoms. The highest BCUT2D eigenvalue weighted by Gasteiger charge is 2.17. The smallest absolute Gasteiger partial charge is 0.357 e. The zero-order valence-electron chi connectivity index (χ0n) is 9.71. The summed E-state index contributed by atoms with van der Waals surface area (Å²) in [6.45, 7) is 4.46. The summed E-state index contributed by atoms with van der Waals surface area (Å²) in [6.07, 6.45) is 5.12. The number of carbonyl (C=O) groups is 1. The van der Waals surface area contributed by atoms with Crippen molar-refractivity contribution in [2.75, 3.05) is 0 Å². The number of aromatic nitrogens is 3. The molecule has 2 aromatic rings. The lowest BCUT2D eigenvalue weighted by Crippen LogP contribution is -2.02. The van der Waals surface area contributed by atoms with Crippen molar-refractivity contribution in [1.29, 1.82) is 0 Å². The Balaban J connectivity index is 2.62. The minimum Gasteiger partial charge on any atom is -0.476 e. The van der Waals surface area contributed by atoms with E-state index in [4.69, 9.17) is 5.11 Å². The van der Waals surface area contributed by atoms with E-state index < -0.39 is 5.97 Å². The minimum atomic E-state index is -1.01. The lowest BCUT2D eigenvalue weighted by atomic mass is 10.0. The van der Waals surface area contributed by atoms with Crippen LogP contribution in [0.5, 0.6) is 0 Å². The molecule has 88 valence electrons. The lowest BCUT2D eigenvalue weighted by Gasteiger charge is -2.02. The van der Waals surface area contributed by atoms with Gasteiger partial charge in [0.15, 0.2) is 5.69 Å². The highest BCUT2D eigenvalue weighted by molar-refractivity contribution is 5.94. The number of rotatable bonds is 3. The standard InChI is InChI=1S/C12H13N3O2/c1-3-15-7-10(11(14-15)12(16)17)9-4-5-13-6-8(9)2/h4-7H,3H2,1-2H3,(H,16,17). The molecule has 5 heteroatoms. The van der Waals surface area contributed by atoms with Crippen LogP contribution >= 0.6 is 0 Å². The van der Waals surface area contributed by atoms with E-state index >= 15 is 0 Å². The van der Waals surface area contributed by atoms with Crippen molar-refractivity contribution >= 4 is 5.97 Å². The van der Waals surface area contributed by atoms with Crippen LogP contribution in [0, 0.1) is 6.92 Å². The Labute approximate surface area is 98.7 Å². The Kier molecular flexibility index (Phi) is 2.91. The maximum Gasteiger partial charge on any atom is 0.357 e. The van der Waals surface area contributed by atoms with Gasteiger partial charge < -0.3 is 5.11 Å². The van der Waals surface area contributed by atoms with Crippen LogP contribution in [0.1, 0.15) is 23.0 Å². The number of carboxylic acid groups (broad SMARTS) is 1. The third-order valence-corrected chi connectivity index (χ3v) is 2.60. The van der Waals surface area contributed by atoms with Gasteiger partial charge >= 0.3 is 5.97 Å². The second-order valence-corrected chi connectivity index (χ2v) is 3.74. The largest absolute Gasteiger partial charge is 0.476 e. The fourth-order valence-corrected chi connectivity index (χ4v) is 1.71. The van der Waals surface area contributed by atoms with Crippen molar-refractivity contribution in [1.82, 2.24) is 14.8 Å². The monoisotopic (exact) mass is 231 g/mol. The minimum absolute atomic E-state index is 0.0844. The topological polar surface area (TPSA) is 68.0 Å². The summed E-state index contributed by atoms with van der Waals surface area (Å²) in [4.78, 5) is 15.1. The normalized spacial score (nSPS) is 10.5. The molecule has 0 amide bonds. The number of aromatic carboxylic acids is 1. The number of nitrogens with zero attached hydrogens (tertiary/aromatic N) is 3. The van der Waals surface area contributed by atoms with Crippen LogP contribution in [0.2, 0.25) is 0 Å². The fraction of sp³-hybridized carbons (Fsp3) is 0.250. The van der Waals surface area contributed by atoms with E-state index in [1.54, 1.807) is 29.3 Å². The van der Waals surface area contributed by atoms with E-state index in [9.17, 15) is 4.79 Å². The van der Waals surface area contributed by atoms with E-state index in [1.165, 1.54) is 0 Å². The van der Waals surface area contributed by atoms with Gasteiger partial charge in [-0.1, -0.05) is 0 Å².